The van der Waals surface area contributed by atoms with Crippen LogP contribution in [-0.2, 0) is 4.74 Å². The maximum Gasteiger partial charge on any atom is 0.0490 e. The Labute approximate surface area is 63.8 Å². The summed E-state index contributed by atoms with van der Waals surface area (Å²) in [5, 5.41) is 0. The van der Waals surface area contributed by atoms with Crippen molar-refractivity contribution in [1.82, 2.24) is 0 Å². The summed E-state index contributed by atoms with van der Waals surface area (Å²) >= 11 is 0. The van der Waals surface area contributed by atoms with Crippen LogP contribution in [0.25, 0.3) is 0 Å². The minimum Gasteiger partial charge on any atom is -0.384 e. The molecule has 1 saturated carbocycles. The average molecular weight is 142 g/mol. The Bertz CT molecular complexity index is 107. The second-order valence-corrected chi connectivity index (χ2v) is 4.23. The van der Waals surface area contributed by atoms with Crippen LogP contribution in [0.2, 0.25) is 0 Å². The fraction of sp³-hybridized carbons (Fsp3) is 1.00. The summed E-state index contributed by atoms with van der Waals surface area (Å²) in [4.78, 5) is 0. The first kappa shape index (κ1) is 8.06. The SMILES string of the molecule is COCC1CCC(C)(C)C1. The van der Waals surface area contributed by atoms with E-state index in [1.807, 2.05) is 0 Å². The summed E-state index contributed by atoms with van der Waals surface area (Å²) in [6.07, 6.45) is 4.09. The van der Waals surface area contributed by atoms with Crippen molar-refractivity contribution in [1.29, 1.82) is 0 Å². The number of hydrogen-bond acceptors (Lipinski definition) is 1. The monoisotopic (exact) mass is 142 g/mol. The first-order valence-electron chi connectivity index (χ1n) is 4.13. The van der Waals surface area contributed by atoms with Crippen molar-refractivity contribution >= 4 is 0 Å². The minimum atomic E-state index is 0.587. The highest BCUT2D eigenvalue weighted by Gasteiger charge is 2.30. The molecule has 1 atom stereocenters. The Hall–Kier alpha value is -0.0400. The molecular formula is C9H18O. The molecular weight excluding hydrogens is 124 g/mol. The molecule has 1 heteroatoms. The second kappa shape index (κ2) is 2.91. The topological polar surface area (TPSA) is 9.23 Å². The fourth-order valence-corrected chi connectivity index (χ4v) is 1.96. The lowest BCUT2D eigenvalue weighted by Gasteiger charge is -2.16. The third-order valence-electron chi connectivity index (χ3n) is 2.47. The Morgan fingerprint density at radius 1 is 1.50 bits per heavy atom. The van der Waals surface area contributed by atoms with E-state index in [0.717, 1.165) is 12.5 Å². The first-order valence-corrected chi connectivity index (χ1v) is 4.13. The molecule has 1 unspecified atom stereocenters. The molecule has 0 amide bonds. The predicted octanol–water partition coefficient (Wildman–Crippen LogP) is 2.46. The third kappa shape index (κ3) is 1.98. The lowest BCUT2D eigenvalue weighted by Crippen LogP contribution is -2.08. The van der Waals surface area contributed by atoms with E-state index in [4.69, 9.17) is 4.74 Å². The molecule has 0 spiro atoms. The van der Waals surface area contributed by atoms with Gasteiger partial charge in [-0.3, -0.25) is 0 Å². The van der Waals surface area contributed by atoms with Crippen LogP contribution in [0.1, 0.15) is 33.1 Å². The zero-order valence-electron chi connectivity index (χ0n) is 7.31. The maximum atomic E-state index is 5.12. The molecule has 0 aliphatic heterocycles. The summed E-state index contributed by atoms with van der Waals surface area (Å²) in [6.45, 7) is 5.66. The van der Waals surface area contributed by atoms with Gasteiger partial charge in [-0.25, -0.2) is 0 Å². The molecule has 10 heavy (non-hydrogen) atoms. The van der Waals surface area contributed by atoms with Gasteiger partial charge in [-0.1, -0.05) is 13.8 Å². The van der Waals surface area contributed by atoms with Crippen molar-refractivity contribution in [3.05, 3.63) is 0 Å². The highest BCUT2D eigenvalue weighted by Crippen LogP contribution is 2.40. The summed E-state index contributed by atoms with van der Waals surface area (Å²) in [5.41, 5.74) is 0.587. The van der Waals surface area contributed by atoms with Gasteiger partial charge >= 0.3 is 0 Å². The molecule has 0 aromatic heterocycles. The normalized spacial score (nSPS) is 30.9. The second-order valence-electron chi connectivity index (χ2n) is 4.23. The quantitative estimate of drug-likeness (QED) is 0.575. The van der Waals surface area contributed by atoms with Crippen molar-refractivity contribution < 1.29 is 4.74 Å². The van der Waals surface area contributed by atoms with Crippen LogP contribution in [0.4, 0.5) is 0 Å². The summed E-state index contributed by atoms with van der Waals surface area (Å²) in [5.74, 6) is 0.833. The summed E-state index contributed by atoms with van der Waals surface area (Å²) in [6, 6.07) is 0. The van der Waals surface area contributed by atoms with E-state index >= 15 is 0 Å². The Balaban J connectivity index is 2.29. The van der Waals surface area contributed by atoms with Crippen LogP contribution in [0.5, 0.6) is 0 Å². The standard InChI is InChI=1S/C9H18O/c1-9(2)5-4-8(6-9)7-10-3/h8H,4-7H2,1-3H3. The largest absolute Gasteiger partial charge is 0.384 e. The van der Waals surface area contributed by atoms with Gasteiger partial charge in [-0.15, -0.1) is 0 Å². The molecule has 0 aromatic carbocycles. The predicted molar refractivity (Wildman–Crippen MR) is 43.0 cm³/mol. The average Bonchev–Trinajstić information content (AvgIpc) is 2.12. The van der Waals surface area contributed by atoms with E-state index in [1.165, 1.54) is 19.3 Å². The van der Waals surface area contributed by atoms with Crippen molar-refractivity contribution in [3.8, 4) is 0 Å². The van der Waals surface area contributed by atoms with Crippen LogP contribution < -0.4 is 0 Å². The van der Waals surface area contributed by atoms with E-state index in [0.29, 0.717) is 5.41 Å². The van der Waals surface area contributed by atoms with Gasteiger partial charge in [0.25, 0.3) is 0 Å². The molecule has 1 nitrogen and oxygen atoms in total. The molecule has 1 fully saturated rings. The van der Waals surface area contributed by atoms with Gasteiger partial charge < -0.3 is 4.74 Å². The van der Waals surface area contributed by atoms with Crippen LogP contribution in [0, 0.1) is 11.3 Å². The van der Waals surface area contributed by atoms with E-state index in [1.54, 1.807) is 7.11 Å². The van der Waals surface area contributed by atoms with Crippen LogP contribution in [0.3, 0.4) is 0 Å². The lowest BCUT2D eigenvalue weighted by atomic mass is 9.91. The first-order chi connectivity index (χ1) is 4.64. The fourth-order valence-electron chi connectivity index (χ4n) is 1.96. The molecule has 0 saturated heterocycles. The molecule has 60 valence electrons. The molecule has 0 bridgehead atoms. The highest BCUT2D eigenvalue weighted by atomic mass is 16.5. The van der Waals surface area contributed by atoms with Crippen molar-refractivity contribution in [2.45, 2.75) is 33.1 Å². The van der Waals surface area contributed by atoms with Gasteiger partial charge in [0.15, 0.2) is 0 Å². The maximum absolute atomic E-state index is 5.12. The van der Waals surface area contributed by atoms with Gasteiger partial charge in [-0.2, -0.15) is 0 Å². The van der Waals surface area contributed by atoms with Crippen LogP contribution in [-0.4, -0.2) is 13.7 Å². The van der Waals surface area contributed by atoms with Gasteiger partial charge in [0.1, 0.15) is 0 Å². The van der Waals surface area contributed by atoms with E-state index in [2.05, 4.69) is 13.8 Å². The molecule has 1 rings (SSSR count). The highest BCUT2D eigenvalue weighted by molar-refractivity contribution is 4.81. The van der Waals surface area contributed by atoms with Gasteiger partial charge in [0.05, 0.1) is 0 Å². The molecule has 1 aliphatic carbocycles. The zero-order valence-corrected chi connectivity index (χ0v) is 7.31. The smallest absolute Gasteiger partial charge is 0.0490 e. The van der Waals surface area contributed by atoms with E-state index < -0.39 is 0 Å². The number of ether oxygens (including phenoxy) is 1. The number of rotatable bonds is 2. The Morgan fingerprint density at radius 3 is 2.60 bits per heavy atom. The van der Waals surface area contributed by atoms with Gasteiger partial charge in [0, 0.05) is 13.7 Å². The molecule has 0 radical (unpaired) electrons. The van der Waals surface area contributed by atoms with E-state index in [-0.39, 0.29) is 0 Å². The van der Waals surface area contributed by atoms with Gasteiger partial charge in [-0.05, 0) is 30.6 Å². The Kier molecular flexibility index (Phi) is 2.35. The van der Waals surface area contributed by atoms with E-state index in [9.17, 15) is 0 Å². The van der Waals surface area contributed by atoms with Crippen molar-refractivity contribution in [2.24, 2.45) is 11.3 Å². The van der Waals surface area contributed by atoms with Crippen LogP contribution >= 0.6 is 0 Å². The molecule has 0 heterocycles. The van der Waals surface area contributed by atoms with Crippen molar-refractivity contribution in [2.75, 3.05) is 13.7 Å². The minimum absolute atomic E-state index is 0.587. The molecule has 0 aromatic rings. The molecule has 1 aliphatic rings. The lowest BCUT2D eigenvalue weighted by molar-refractivity contribution is 0.149. The summed E-state index contributed by atoms with van der Waals surface area (Å²) < 4.78 is 5.12. The third-order valence-corrected chi connectivity index (χ3v) is 2.47. The number of methoxy groups -OCH3 is 1. The molecule has 0 N–H and O–H groups in total. The van der Waals surface area contributed by atoms with Crippen LogP contribution in [0.15, 0.2) is 0 Å². The zero-order chi connectivity index (χ0) is 7.61. The Morgan fingerprint density at radius 2 is 2.20 bits per heavy atom. The van der Waals surface area contributed by atoms with Crippen molar-refractivity contribution in [3.63, 3.8) is 0 Å². The summed E-state index contributed by atoms with van der Waals surface area (Å²) in [7, 11) is 1.80. The van der Waals surface area contributed by atoms with Gasteiger partial charge in [0.2, 0.25) is 0 Å². The number of hydrogen-bond donors (Lipinski definition) is 0.